The van der Waals surface area contributed by atoms with Gasteiger partial charge in [-0.3, -0.25) is 10.5 Å². The molecule has 0 aromatic heterocycles. The van der Waals surface area contributed by atoms with Gasteiger partial charge in [0.15, 0.2) is 6.35 Å². The Morgan fingerprint density at radius 2 is 2.33 bits per heavy atom. The zero-order chi connectivity index (χ0) is 10.4. The molecule has 4 N–H and O–H groups in total. The maximum atomic E-state index is 11.2. The summed E-state index contributed by atoms with van der Waals surface area (Å²) in [7, 11) is 0. The van der Waals surface area contributed by atoms with Crippen LogP contribution in [0, 0.1) is 0 Å². The number of fused-ring (bicyclic) bond motifs is 2. The Morgan fingerprint density at radius 3 is 3.20 bits per heavy atom. The molecule has 15 heavy (non-hydrogen) atoms. The molecule has 1 fully saturated rings. The van der Waals surface area contributed by atoms with Crippen molar-refractivity contribution >= 4 is 5.91 Å². The molecular formula is C10H13N3O2. The molecule has 2 heterocycles. The van der Waals surface area contributed by atoms with Crippen molar-refractivity contribution in [1.82, 2.24) is 10.6 Å². The molecule has 3 aliphatic rings. The van der Waals surface area contributed by atoms with Crippen molar-refractivity contribution in [2.24, 2.45) is 5.73 Å². The molecule has 3 atom stereocenters. The summed E-state index contributed by atoms with van der Waals surface area (Å²) in [4.78, 5) is 11.2. The lowest BCUT2D eigenvalue weighted by molar-refractivity contribution is -0.121. The van der Waals surface area contributed by atoms with Crippen LogP contribution in [-0.2, 0) is 9.53 Å². The molecule has 0 saturated carbocycles. The van der Waals surface area contributed by atoms with Gasteiger partial charge in [-0.15, -0.1) is 0 Å². The molecule has 1 saturated heterocycles. The van der Waals surface area contributed by atoms with Gasteiger partial charge < -0.3 is 15.4 Å². The Balaban J connectivity index is 1.90. The highest BCUT2D eigenvalue weighted by atomic mass is 16.5. The molecule has 2 aliphatic heterocycles. The molecule has 5 heteroatoms. The van der Waals surface area contributed by atoms with Crippen LogP contribution in [0.5, 0.6) is 0 Å². The highest BCUT2D eigenvalue weighted by Gasteiger charge is 2.36. The molecule has 0 spiro atoms. The normalized spacial score (nSPS) is 38.2. The van der Waals surface area contributed by atoms with Crippen molar-refractivity contribution in [2.75, 3.05) is 0 Å². The van der Waals surface area contributed by atoms with Gasteiger partial charge in [-0.05, 0) is 11.6 Å². The lowest BCUT2D eigenvalue weighted by Gasteiger charge is -2.30. The topological polar surface area (TPSA) is 76.4 Å². The minimum Gasteiger partial charge on any atom is -0.349 e. The molecular weight excluding hydrogens is 194 g/mol. The van der Waals surface area contributed by atoms with Gasteiger partial charge in [0.05, 0.1) is 6.04 Å². The molecule has 0 aromatic rings. The molecule has 1 amide bonds. The molecule has 0 bridgehead atoms. The lowest BCUT2D eigenvalue weighted by Crippen LogP contribution is -2.43. The Labute approximate surface area is 87.3 Å². The van der Waals surface area contributed by atoms with Crippen molar-refractivity contribution in [1.29, 1.82) is 0 Å². The number of hydrogen-bond acceptors (Lipinski definition) is 4. The van der Waals surface area contributed by atoms with E-state index in [9.17, 15) is 4.79 Å². The Morgan fingerprint density at radius 1 is 1.47 bits per heavy atom. The van der Waals surface area contributed by atoms with Crippen LogP contribution >= 0.6 is 0 Å². The van der Waals surface area contributed by atoms with Gasteiger partial charge in [-0.1, -0.05) is 6.08 Å². The first-order valence-electron chi connectivity index (χ1n) is 5.11. The number of hydrogen-bond donors (Lipinski definition) is 3. The summed E-state index contributed by atoms with van der Waals surface area (Å²) in [5, 5.41) is 6.01. The summed E-state index contributed by atoms with van der Waals surface area (Å²) in [5.74, 6) is 0.0795. The number of rotatable bonds is 0. The second-order valence-corrected chi connectivity index (χ2v) is 4.05. The van der Waals surface area contributed by atoms with Crippen LogP contribution in [-0.4, -0.2) is 24.4 Å². The van der Waals surface area contributed by atoms with E-state index in [0.717, 1.165) is 17.7 Å². The third-order valence-electron chi connectivity index (χ3n) is 3.00. The summed E-state index contributed by atoms with van der Waals surface area (Å²) in [5.41, 5.74) is 7.82. The van der Waals surface area contributed by atoms with Crippen molar-refractivity contribution in [3.63, 3.8) is 0 Å². The smallest absolute Gasteiger partial charge is 0.224 e. The largest absolute Gasteiger partial charge is 0.349 e. The number of ether oxygens (including phenoxy) is 1. The molecule has 0 aromatic carbocycles. The zero-order valence-electron chi connectivity index (χ0n) is 8.19. The SMILES string of the molecule is NC1NC2=CC3=CCC(=O)NC3CC2O1. The van der Waals surface area contributed by atoms with Crippen LogP contribution in [0.25, 0.3) is 0 Å². The Bertz CT molecular complexity index is 375. The Hall–Kier alpha value is -1.33. The summed E-state index contributed by atoms with van der Waals surface area (Å²) in [6.45, 7) is 0. The second-order valence-electron chi connectivity index (χ2n) is 4.05. The average Bonchev–Trinajstić information content (AvgIpc) is 2.53. The van der Waals surface area contributed by atoms with E-state index in [1.807, 2.05) is 12.2 Å². The van der Waals surface area contributed by atoms with Gasteiger partial charge in [0.25, 0.3) is 0 Å². The van der Waals surface area contributed by atoms with Crippen LogP contribution in [0.4, 0.5) is 0 Å². The van der Waals surface area contributed by atoms with Crippen molar-refractivity contribution in [2.45, 2.75) is 31.3 Å². The fourth-order valence-corrected chi connectivity index (χ4v) is 2.30. The fourth-order valence-electron chi connectivity index (χ4n) is 2.30. The number of nitrogens with one attached hydrogen (secondary N) is 2. The van der Waals surface area contributed by atoms with Gasteiger partial charge in [-0.25, -0.2) is 0 Å². The third kappa shape index (κ3) is 1.44. The van der Waals surface area contributed by atoms with E-state index in [0.29, 0.717) is 6.42 Å². The summed E-state index contributed by atoms with van der Waals surface area (Å²) >= 11 is 0. The molecule has 80 valence electrons. The minimum absolute atomic E-state index is 0.000509. The fraction of sp³-hybridized carbons (Fsp3) is 0.500. The average molecular weight is 207 g/mol. The first kappa shape index (κ1) is 8.94. The monoisotopic (exact) mass is 207 g/mol. The molecule has 3 unspecified atom stereocenters. The predicted octanol–water partition coefficient (Wildman–Crippen LogP) is -0.680. The first-order chi connectivity index (χ1) is 7.22. The van der Waals surface area contributed by atoms with Crippen LogP contribution in [0.1, 0.15) is 12.8 Å². The summed E-state index contributed by atoms with van der Waals surface area (Å²) in [6, 6.07) is 0.0899. The molecule has 5 nitrogen and oxygen atoms in total. The van der Waals surface area contributed by atoms with E-state index in [1.54, 1.807) is 0 Å². The Kier molecular flexibility index (Phi) is 1.83. The number of nitrogens with two attached hydrogens (primary N) is 1. The van der Waals surface area contributed by atoms with Gasteiger partial charge in [-0.2, -0.15) is 0 Å². The van der Waals surface area contributed by atoms with Crippen molar-refractivity contribution < 1.29 is 9.53 Å². The second kappa shape index (κ2) is 3.08. The van der Waals surface area contributed by atoms with Crippen molar-refractivity contribution in [3.8, 4) is 0 Å². The van der Waals surface area contributed by atoms with Crippen molar-refractivity contribution in [3.05, 3.63) is 23.4 Å². The standard InChI is InChI=1S/C10H13N3O2/c11-10-13-7-3-5-1-2-9(14)12-6(5)4-8(7)15-10/h1,3,6,8,10,13H,2,4,11H2,(H,12,14). The van der Waals surface area contributed by atoms with Crippen LogP contribution < -0.4 is 16.4 Å². The summed E-state index contributed by atoms with van der Waals surface area (Å²) < 4.78 is 5.47. The van der Waals surface area contributed by atoms with E-state index < -0.39 is 6.35 Å². The zero-order valence-corrected chi connectivity index (χ0v) is 8.19. The molecule has 1 aliphatic carbocycles. The van der Waals surface area contributed by atoms with Gasteiger partial charge in [0.2, 0.25) is 5.91 Å². The summed E-state index contributed by atoms with van der Waals surface area (Å²) in [6.07, 6.45) is 4.82. The number of carbonyl (C=O) groups excluding carboxylic acids is 1. The van der Waals surface area contributed by atoms with Crippen LogP contribution in [0.3, 0.4) is 0 Å². The lowest BCUT2D eigenvalue weighted by atomic mass is 9.89. The first-order valence-corrected chi connectivity index (χ1v) is 5.11. The van der Waals surface area contributed by atoms with E-state index in [-0.39, 0.29) is 18.1 Å². The van der Waals surface area contributed by atoms with Gasteiger partial charge in [0, 0.05) is 18.5 Å². The highest BCUT2D eigenvalue weighted by molar-refractivity contribution is 5.80. The van der Waals surface area contributed by atoms with Crippen LogP contribution in [0.15, 0.2) is 23.4 Å². The van der Waals surface area contributed by atoms with Gasteiger partial charge >= 0.3 is 0 Å². The predicted molar refractivity (Wildman–Crippen MR) is 53.3 cm³/mol. The van der Waals surface area contributed by atoms with Crippen LogP contribution in [0.2, 0.25) is 0 Å². The highest BCUT2D eigenvalue weighted by Crippen LogP contribution is 2.29. The van der Waals surface area contributed by atoms with E-state index >= 15 is 0 Å². The quantitative estimate of drug-likeness (QED) is 0.492. The van der Waals surface area contributed by atoms with Gasteiger partial charge in [0.1, 0.15) is 6.10 Å². The third-order valence-corrected chi connectivity index (χ3v) is 3.00. The maximum Gasteiger partial charge on any atom is 0.224 e. The number of amides is 1. The van der Waals surface area contributed by atoms with E-state index in [4.69, 9.17) is 10.5 Å². The molecule has 0 radical (unpaired) electrons. The van der Waals surface area contributed by atoms with E-state index in [1.165, 1.54) is 0 Å². The maximum absolute atomic E-state index is 11.2. The molecule has 3 rings (SSSR count). The number of carbonyl (C=O) groups is 1. The minimum atomic E-state index is -0.419. The van der Waals surface area contributed by atoms with E-state index in [2.05, 4.69) is 10.6 Å².